The van der Waals surface area contributed by atoms with Gasteiger partial charge in [0.2, 0.25) is 0 Å². The third-order valence-corrected chi connectivity index (χ3v) is 2.51. The van der Waals surface area contributed by atoms with Crippen molar-refractivity contribution in [1.29, 1.82) is 0 Å². The van der Waals surface area contributed by atoms with E-state index in [-0.39, 0.29) is 5.92 Å². The first-order chi connectivity index (χ1) is 7.27. The van der Waals surface area contributed by atoms with Crippen LogP contribution >= 0.6 is 0 Å². The molecule has 0 radical (unpaired) electrons. The van der Waals surface area contributed by atoms with Gasteiger partial charge in [-0.1, -0.05) is 25.1 Å². The number of benzene rings is 1. The molecule has 1 unspecified atom stereocenters. The summed E-state index contributed by atoms with van der Waals surface area (Å²) in [6, 6.07) is 7.46. The topological polar surface area (TPSA) is 38.0 Å². The molecular weight excluding hydrogens is 188 g/mol. The van der Waals surface area contributed by atoms with E-state index in [1.807, 2.05) is 29.0 Å². The molecule has 3 nitrogen and oxygen atoms in total. The van der Waals surface area contributed by atoms with Gasteiger partial charge in [0.25, 0.3) is 0 Å². The van der Waals surface area contributed by atoms with Gasteiger partial charge in [0.1, 0.15) is 5.75 Å². The van der Waals surface area contributed by atoms with Gasteiger partial charge in [0, 0.05) is 24.9 Å². The van der Waals surface area contributed by atoms with Gasteiger partial charge < -0.3 is 9.67 Å². The van der Waals surface area contributed by atoms with E-state index in [4.69, 9.17) is 0 Å². The molecule has 0 amide bonds. The lowest BCUT2D eigenvalue weighted by Crippen LogP contribution is -2.04. The summed E-state index contributed by atoms with van der Waals surface area (Å²) in [5.74, 6) is 0.644. The molecule has 0 saturated heterocycles. The largest absolute Gasteiger partial charge is 0.508 e. The zero-order valence-electron chi connectivity index (χ0n) is 8.67. The lowest BCUT2D eigenvalue weighted by Gasteiger charge is -2.13. The molecule has 1 aromatic carbocycles. The average molecular weight is 202 g/mol. The normalized spacial score (nSPS) is 12.6. The van der Waals surface area contributed by atoms with Crippen LogP contribution in [-0.4, -0.2) is 14.7 Å². The molecule has 1 aromatic heterocycles. The van der Waals surface area contributed by atoms with Crippen molar-refractivity contribution in [3.63, 3.8) is 0 Å². The Morgan fingerprint density at radius 1 is 1.40 bits per heavy atom. The fourth-order valence-electron chi connectivity index (χ4n) is 1.71. The molecule has 0 aliphatic heterocycles. The van der Waals surface area contributed by atoms with Crippen molar-refractivity contribution in [2.75, 3.05) is 0 Å². The molecule has 0 spiro atoms. The summed E-state index contributed by atoms with van der Waals surface area (Å²) >= 11 is 0. The van der Waals surface area contributed by atoms with E-state index in [0.717, 1.165) is 12.1 Å². The van der Waals surface area contributed by atoms with Crippen molar-refractivity contribution in [2.24, 2.45) is 0 Å². The Hall–Kier alpha value is -1.77. The average Bonchev–Trinajstić information content (AvgIpc) is 2.71. The maximum atomic E-state index is 9.68. The predicted molar refractivity (Wildman–Crippen MR) is 58.7 cm³/mol. The van der Waals surface area contributed by atoms with Crippen LogP contribution in [-0.2, 0) is 6.54 Å². The molecule has 2 rings (SSSR count). The number of aromatic hydroxyl groups is 1. The quantitative estimate of drug-likeness (QED) is 0.829. The number of para-hydroxylation sites is 1. The molecule has 3 heteroatoms. The fourth-order valence-corrected chi connectivity index (χ4v) is 1.71. The van der Waals surface area contributed by atoms with Gasteiger partial charge in [0.05, 0.1) is 6.33 Å². The van der Waals surface area contributed by atoms with Crippen LogP contribution in [0, 0.1) is 0 Å². The maximum Gasteiger partial charge on any atom is 0.119 e. The minimum atomic E-state index is 0.278. The number of phenols is 1. The molecule has 0 saturated carbocycles. The molecule has 1 N–H and O–H groups in total. The van der Waals surface area contributed by atoms with E-state index < -0.39 is 0 Å². The Balaban J connectivity index is 2.15. The molecule has 78 valence electrons. The number of imidazole rings is 1. The molecule has 0 bridgehead atoms. The first kappa shape index (κ1) is 9.77. The smallest absolute Gasteiger partial charge is 0.119 e. The third-order valence-electron chi connectivity index (χ3n) is 2.51. The van der Waals surface area contributed by atoms with Crippen molar-refractivity contribution in [2.45, 2.75) is 19.4 Å². The lowest BCUT2D eigenvalue weighted by atomic mass is 10.0. The van der Waals surface area contributed by atoms with Gasteiger partial charge in [-0.15, -0.1) is 0 Å². The summed E-state index contributed by atoms with van der Waals surface area (Å²) in [6.07, 6.45) is 5.48. The minimum absolute atomic E-state index is 0.278. The van der Waals surface area contributed by atoms with Crippen molar-refractivity contribution >= 4 is 0 Å². The van der Waals surface area contributed by atoms with Gasteiger partial charge >= 0.3 is 0 Å². The zero-order valence-corrected chi connectivity index (χ0v) is 8.67. The van der Waals surface area contributed by atoms with Gasteiger partial charge in [0.15, 0.2) is 0 Å². The van der Waals surface area contributed by atoms with E-state index >= 15 is 0 Å². The Bertz CT molecular complexity index is 423. The van der Waals surface area contributed by atoms with Crippen LogP contribution in [0.1, 0.15) is 18.4 Å². The summed E-state index contributed by atoms with van der Waals surface area (Å²) in [5, 5.41) is 9.68. The summed E-state index contributed by atoms with van der Waals surface area (Å²) in [4.78, 5) is 3.99. The predicted octanol–water partition coefficient (Wildman–Crippen LogP) is 2.39. The first-order valence-electron chi connectivity index (χ1n) is 5.01. The highest BCUT2D eigenvalue weighted by molar-refractivity contribution is 5.34. The second-order valence-electron chi connectivity index (χ2n) is 3.72. The zero-order chi connectivity index (χ0) is 10.7. The molecule has 0 fully saturated rings. The Labute approximate surface area is 89.0 Å². The first-order valence-corrected chi connectivity index (χ1v) is 5.01. The highest BCUT2D eigenvalue weighted by Crippen LogP contribution is 2.25. The van der Waals surface area contributed by atoms with E-state index in [9.17, 15) is 5.11 Å². The molecule has 2 aromatic rings. The van der Waals surface area contributed by atoms with E-state index in [2.05, 4.69) is 11.9 Å². The van der Waals surface area contributed by atoms with Crippen LogP contribution in [0.15, 0.2) is 43.0 Å². The maximum absolute atomic E-state index is 9.68. The molecule has 15 heavy (non-hydrogen) atoms. The van der Waals surface area contributed by atoms with Crippen LogP contribution in [0.2, 0.25) is 0 Å². The van der Waals surface area contributed by atoms with Gasteiger partial charge in [-0.25, -0.2) is 4.98 Å². The lowest BCUT2D eigenvalue weighted by molar-refractivity contribution is 0.456. The molecule has 0 aliphatic carbocycles. The van der Waals surface area contributed by atoms with E-state index in [1.54, 1.807) is 18.6 Å². The van der Waals surface area contributed by atoms with E-state index in [0.29, 0.717) is 5.75 Å². The summed E-state index contributed by atoms with van der Waals surface area (Å²) in [7, 11) is 0. The highest BCUT2D eigenvalue weighted by Gasteiger charge is 2.09. The number of rotatable bonds is 3. The van der Waals surface area contributed by atoms with Crippen LogP contribution in [0.5, 0.6) is 5.75 Å². The SMILES string of the molecule is CC(Cn1ccnc1)c1ccccc1O. The number of hydrogen-bond acceptors (Lipinski definition) is 2. The fraction of sp³-hybridized carbons (Fsp3) is 0.250. The van der Waals surface area contributed by atoms with Crippen molar-refractivity contribution in [3.05, 3.63) is 48.5 Å². The number of hydrogen-bond donors (Lipinski definition) is 1. The number of nitrogens with zero attached hydrogens (tertiary/aromatic N) is 2. The summed E-state index contributed by atoms with van der Waals surface area (Å²) in [6.45, 7) is 2.92. The highest BCUT2D eigenvalue weighted by atomic mass is 16.3. The van der Waals surface area contributed by atoms with Gasteiger partial charge in [-0.3, -0.25) is 0 Å². The number of phenolic OH excluding ortho intramolecular Hbond substituents is 1. The summed E-state index contributed by atoms with van der Waals surface area (Å²) in [5.41, 5.74) is 0.978. The van der Waals surface area contributed by atoms with Crippen LogP contribution < -0.4 is 0 Å². The Morgan fingerprint density at radius 2 is 2.20 bits per heavy atom. The molecule has 1 heterocycles. The van der Waals surface area contributed by atoms with Crippen LogP contribution in [0.4, 0.5) is 0 Å². The third kappa shape index (κ3) is 2.18. The molecule has 1 atom stereocenters. The van der Waals surface area contributed by atoms with Crippen molar-refractivity contribution in [1.82, 2.24) is 9.55 Å². The Morgan fingerprint density at radius 3 is 2.87 bits per heavy atom. The minimum Gasteiger partial charge on any atom is -0.508 e. The second kappa shape index (κ2) is 4.17. The second-order valence-corrected chi connectivity index (χ2v) is 3.72. The van der Waals surface area contributed by atoms with E-state index in [1.165, 1.54) is 0 Å². The molecular formula is C12H14N2O. The standard InChI is InChI=1S/C12H14N2O/c1-10(8-14-7-6-13-9-14)11-4-2-3-5-12(11)15/h2-7,9-10,15H,8H2,1H3. The van der Waals surface area contributed by atoms with Crippen molar-refractivity contribution < 1.29 is 5.11 Å². The Kier molecular flexibility index (Phi) is 2.72. The van der Waals surface area contributed by atoms with Crippen LogP contribution in [0.3, 0.4) is 0 Å². The van der Waals surface area contributed by atoms with Gasteiger partial charge in [-0.2, -0.15) is 0 Å². The van der Waals surface area contributed by atoms with Crippen LogP contribution in [0.25, 0.3) is 0 Å². The number of aromatic nitrogens is 2. The van der Waals surface area contributed by atoms with Crippen molar-refractivity contribution in [3.8, 4) is 5.75 Å². The molecule has 0 aliphatic rings. The van der Waals surface area contributed by atoms with Gasteiger partial charge in [-0.05, 0) is 11.6 Å². The summed E-state index contributed by atoms with van der Waals surface area (Å²) < 4.78 is 2.01. The monoisotopic (exact) mass is 202 g/mol.